The topological polar surface area (TPSA) is 63.4 Å². The average Bonchev–Trinajstić information content (AvgIpc) is 2.29. The Morgan fingerprint density at radius 1 is 1.24 bits per heavy atom. The molecule has 2 heterocycles. The molecule has 2 rings (SSSR count). The number of hydrogen-bond donors (Lipinski definition) is 1. The van der Waals surface area contributed by atoms with Crippen molar-refractivity contribution in [3.8, 4) is 0 Å². The predicted octanol–water partition coefficient (Wildman–Crippen LogP) is 0.623. The van der Waals surface area contributed by atoms with Crippen LogP contribution in [0.3, 0.4) is 0 Å². The minimum atomic E-state index is -2.75. The standard InChI is InChI=1S/C12H24N2O2S/c1-10-2-5-14(12(8-10)9-13)11-3-6-17(15,16)7-4-11/h10-12H,2-9,13H2,1H3. The van der Waals surface area contributed by atoms with Crippen molar-refractivity contribution in [2.45, 2.75) is 44.7 Å². The van der Waals surface area contributed by atoms with E-state index < -0.39 is 9.84 Å². The van der Waals surface area contributed by atoms with E-state index in [0.717, 1.165) is 25.3 Å². The molecule has 2 N–H and O–H groups in total. The van der Waals surface area contributed by atoms with Crippen LogP contribution in [0.1, 0.15) is 32.6 Å². The lowest BCUT2D eigenvalue weighted by atomic mass is 9.90. The first-order valence-corrected chi connectivity index (χ1v) is 8.50. The Kier molecular flexibility index (Phi) is 4.10. The van der Waals surface area contributed by atoms with E-state index in [1.54, 1.807) is 0 Å². The number of nitrogens with two attached hydrogens (primary N) is 1. The molecule has 2 unspecified atom stereocenters. The molecule has 5 heteroatoms. The van der Waals surface area contributed by atoms with E-state index in [-0.39, 0.29) is 0 Å². The number of piperidine rings is 1. The molecule has 0 aliphatic carbocycles. The lowest BCUT2D eigenvalue weighted by molar-refractivity contribution is 0.0708. The van der Waals surface area contributed by atoms with E-state index in [2.05, 4.69) is 11.8 Å². The molecule has 0 aromatic heterocycles. The summed E-state index contributed by atoms with van der Waals surface area (Å²) in [5, 5.41) is 0. The van der Waals surface area contributed by atoms with Gasteiger partial charge in [-0.2, -0.15) is 0 Å². The van der Waals surface area contributed by atoms with Crippen molar-refractivity contribution >= 4 is 9.84 Å². The molecule has 2 aliphatic rings. The Balaban J connectivity index is 1.97. The van der Waals surface area contributed by atoms with Gasteiger partial charge in [0.25, 0.3) is 0 Å². The maximum Gasteiger partial charge on any atom is 0.150 e. The molecule has 4 nitrogen and oxygen atoms in total. The van der Waals surface area contributed by atoms with Gasteiger partial charge in [0.15, 0.2) is 0 Å². The van der Waals surface area contributed by atoms with Crippen LogP contribution >= 0.6 is 0 Å². The van der Waals surface area contributed by atoms with Gasteiger partial charge in [-0.1, -0.05) is 6.92 Å². The highest BCUT2D eigenvalue weighted by Crippen LogP contribution is 2.28. The van der Waals surface area contributed by atoms with Crippen LogP contribution in [0, 0.1) is 5.92 Å². The zero-order chi connectivity index (χ0) is 12.5. The number of nitrogens with zero attached hydrogens (tertiary/aromatic N) is 1. The molecule has 0 radical (unpaired) electrons. The molecule has 0 spiro atoms. The summed E-state index contributed by atoms with van der Waals surface area (Å²) in [6, 6.07) is 0.907. The molecule has 100 valence electrons. The molecule has 0 aromatic carbocycles. The number of sulfone groups is 1. The molecule has 0 aromatic rings. The summed E-state index contributed by atoms with van der Waals surface area (Å²) in [6.07, 6.45) is 3.99. The minimum Gasteiger partial charge on any atom is -0.329 e. The van der Waals surface area contributed by atoms with Gasteiger partial charge >= 0.3 is 0 Å². The van der Waals surface area contributed by atoms with Gasteiger partial charge in [-0.15, -0.1) is 0 Å². The Hall–Kier alpha value is -0.130. The maximum absolute atomic E-state index is 11.4. The van der Waals surface area contributed by atoms with Crippen LogP contribution in [0.4, 0.5) is 0 Å². The Bertz CT molecular complexity index is 342. The molecular formula is C12H24N2O2S. The summed E-state index contributed by atoms with van der Waals surface area (Å²) in [7, 11) is -2.75. The van der Waals surface area contributed by atoms with Crippen LogP contribution in [-0.4, -0.2) is 50.0 Å². The van der Waals surface area contributed by atoms with Crippen LogP contribution in [-0.2, 0) is 9.84 Å². The second kappa shape index (κ2) is 5.24. The van der Waals surface area contributed by atoms with Gasteiger partial charge in [0.2, 0.25) is 0 Å². The van der Waals surface area contributed by atoms with E-state index in [1.807, 2.05) is 0 Å². The highest BCUT2D eigenvalue weighted by molar-refractivity contribution is 7.91. The fourth-order valence-corrected chi connectivity index (χ4v) is 4.66. The normalized spacial score (nSPS) is 35.9. The van der Waals surface area contributed by atoms with Gasteiger partial charge in [0, 0.05) is 18.6 Å². The molecule has 2 aliphatic heterocycles. The van der Waals surface area contributed by atoms with Crippen LogP contribution in [0.15, 0.2) is 0 Å². The van der Waals surface area contributed by atoms with Gasteiger partial charge in [-0.25, -0.2) is 8.42 Å². The van der Waals surface area contributed by atoms with Crippen LogP contribution in [0.25, 0.3) is 0 Å². The van der Waals surface area contributed by atoms with Crippen molar-refractivity contribution < 1.29 is 8.42 Å². The highest BCUT2D eigenvalue weighted by atomic mass is 32.2. The first-order chi connectivity index (χ1) is 8.02. The van der Waals surface area contributed by atoms with Gasteiger partial charge in [0.05, 0.1) is 11.5 Å². The van der Waals surface area contributed by atoms with Gasteiger partial charge in [-0.3, -0.25) is 4.90 Å². The third-order valence-electron chi connectivity index (χ3n) is 4.29. The first kappa shape index (κ1) is 13.3. The summed E-state index contributed by atoms with van der Waals surface area (Å²) < 4.78 is 22.9. The monoisotopic (exact) mass is 260 g/mol. The van der Waals surface area contributed by atoms with Gasteiger partial charge in [0.1, 0.15) is 9.84 Å². The lowest BCUT2D eigenvalue weighted by Crippen LogP contribution is -2.53. The summed E-state index contributed by atoms with van der Waals surface area (Å²) in [6.45, 7) is 4.08. The average molecular weight is 260 g/mol. The quantitative estimate of drug-likeness (QED) is 0.791. The van der Waals surface area contributed by atoms with Crippen LogP contribution in [0.2, 0.25) is 0 Å². The SMILES string of the molecule is CC1CCN(C2CCS(=O)(=O)CC2)C(CN)C1. The summed E-state index contributed by atoms with van der Waals surface area (Å²) in [5.41, 5.74) is 5.86. The van der Waals surface area contributed by atoms with E-state index in [1.165, 1.54) is 12.8 Å². The second-order valence-electron chi connectivity index (χ2n) is 5.64. The fraction of sp³-hybridized carbons (Fsp3) is 1.00. The summed E-state index contributed by atoms with van der Waals surface area (Å²) in [4.78, 5) is 2.48. The summed E-state index contributed by atoms with van der Waals surface area (Å²) in [5.74, 6) is 1.48. The molecule has 0 saturated carbocycles. The Morgan fingerprint density at radius 3 is 2.47 bits per heavy atom. The van der Waals surface area contributed by atoms with Crippen LogP contribution < -0.4 is 5.73 Å². The molecule has 0 amide bonds. The molecule has 2 saturated heterocycles. The van der Waals surface area contributed by atoms with Gasteiger partial charge in [-0.05, 0) is 38.1 Å². The first-order valence-electron chi connectivity index (χ1n) is 6.68. The van der Waals surface area contributed by atoms with E-state index in [0.29, 0.717) is 30.1 Å². The highest BCUT2D eigenvalue weighted by Gasteiger charge is 2.34. The Morgan fingerprint density at radius 2 is 1.88 bits per heavy atom. The van der Waals surface area contributed by atoms with Crippen molar-refractivity contribution in [3.05, 3.63) is 0 Å². The zero-order valence-corrected chi connectivity index (χ0v) is 11.5. The third-order valence-corrected chi connectivity index (χ3v) is 6.00. The second-order valence-corrected chi connectivity index (χ2v) is 7.94. The summed E-state index contributed by atoms with van der Waals surface area (Å²) >= 11 is 0. The van der Waals surface area contributed by atoms with Crippen molar-refractivity contribution in [3.63, 3.8) is 0 Å². The molecule has 2 fully saturated rings. The van der Waals surface area contributed by atoms with Crippen molar-refractivity contribution in [2.75, 3.05) is 24.6 Å². The molecule has 17 heavy (non-hydrogen) atoms. The maximum atomic E-state index is 11.4. The van der Waals surface area contributed by atoms with Crippen molar-refractivity contribution in [1.82, 2.24) is 4.90 Å². The zero-order valence-electron chi connectivity index (χ0n) is 10.6. The molecular weight excluding hydrogens is 236 g/mol. The van der Waals surface area contributed by atoms with Crippen LogP contribution in [0.5, 0.6) is 0 Å². The smallest absolute Gasteiger partial charge is 0.150 e. The largest absolute Gasteiger partial charge is 0.329 e. The van der Waals surface area contributed by atoms with Crippen molar-refractivity contribution in [2.24, 2.45) is 11.7 Å². The number of rotatable bonds is 2. The van der Waals surface area contributed by atoms with Crippen molar-refractivity contribution in [1.29, 1.82) is 0 Å². The lowest BCUT2D eigenvalue weighted by Gasteiger charge is -2.44. The Labute approximate surface area is 104 Å². The van der Waals surface area contributed by atoms with E-state index in [9.17, 15) is 8.42 Å². The predicted molar refractivity (Wildman–Crippen MR) is 69.6 cm³/mol. The number of hydrogen-bond acceptors (Lipinski definition) is 4. The fourth-order valence-electron chi connectivity index (χ4n) is 3.19. The molecule has 0 bridgehead atoms. The minimum absolute atomic E-state index is 0.362. The number of likely N-dealkylation sites (tertiary alicyclic amines) is 1. The molecule has 2 atom stereocenters. The van der Waals surface area contributed by atoms with Gasteiger partial charge < -0.3 is 5.73 Å². The van der Waals surface area contributed by atoms with E-state index in [4.69, 9.17) is 5.73 Å². The third kappa shape index (κ3) is 3.20. The van der Waals surface area contributed by atoms with E-state index >= 15 is 0 Å².